The number of halogens is 1. The van der Waals surface area contributed by atoms with E-state index in [0.29, 0.717) is 0 Å². The Morgan fingerprint density at radius 3 is 2.50 bits per heavy atom. The molecular weight excluding hydrogens is 280 g/mol. The highest BCUT2D eigenvalue weighted by molar-refractivity contribution is 6.34. The van der Waals surface area contributed by atoms with Gasteiger partial charge in [-0.2, -0.15) is 0 Å². The van der Waals surface area contributed by atoms with E-state index >= 15 is 0 Å². The summed E-state index contributed by atoms with van der Waals surface area (Å²) < 4.78 is 0. The quantitative estimate of drug-likeness (QED) is 0.618. The molecule has 1 aromatic carbocycles. The molecule has 0 bridgehead atoms. The van der Waals surface area contributed by atoms with Crippen LogP contribution < -0.4 is 0 Å². The molecule has 1 aromatic rings. The topological polar surface area (TPSA) is 63.5 Å². The van der Waals surface area contributed by atoms with Gasteiger partial charge < -0.3 is 4.90 Å². The third-order valence-electron chi connectivity index (χ3n) is 3.82. The Kier molecular flexibility index (Phi) is 4.28. The molecule has 6 heteroatoms. The van der Waals surface area contributed by atoms with E-state index in [2.05, 4.69) is 0 Å². The highest BCUT2D eigenvalue weighted by atomic mass is 35.5. The van der Waals surface area contributed by atoms with E-state index in [1.54, 1.807) is 4.90 Å². The summed E-state index contributed by atoms with van der Waals surface area (Å²) in [5.41, 5.74) is 0.0940. The normalized spacial score (nSPS) is 22.6. The van der Waals surface area contributed by atoms with Crippen LogP contribution in [0.15, 0.2) is 18.2 Å². The maximum absolute atomic E-state index is 12.6. The van der Waals surface area contributed by atoms with Crippen LogP contribution in [0.3, 0.4) is 0 Å². The van der Waals surface area contributed by atoms with Crippen LogP contribution in [0, 0.1) is 10.1 Å². The number of carbonyl (C=O) groups excluding carboxylic acids is 1. The largest absolute Gasteiger partial charge is 0.333 e. The maximum Gasteiger partial charge on any atom is 0.270 e. The van der Waals surface area contributed by atoms with Crippen molar-refractivity contribution < 1.29 is 9.72 Å². The summed E-state index contributed by atoms with van der Waals surface area (Å²) in [6.45, 7) is 4.00. The van der Waals surface area contributed by atoms with Crippen LogP contribution >= 0.6 is 11.6 Å². The lowest BCUT2D eigenvalue weighted by Crippen LogP contribution is -2.47. The van der Waals surface area contributed by atoms with E-state index < -0.39 is 4.92 Å². The molecule has 0 N–H and O–H groups in total. The van der Waals surface area contributed by atoms with Crippen molar-refractivity contribution in [2.24, 2.45) is 0 Å². The number of nitro groups is 1. The second kappa shape index (κ2) is 5.79. The Bertz CT molecular complexity index is 537. The number of carbonyl (C=O) groups is 1. The third kappa shape index (κ3) is 2.77. The molecule has 20 heavy (non-hydrogen) atoms. The Morgan fingerprint density at radius 2 is 1.95 bits per heavy atom. The van der Waals surface area contributed by atoms with Crippen molar-refractivity contribution in [1.29, 1.82) is 0 Å². The Hall–Kier alpha value is -1.62. The summed E-state index contributed by atoms with van der Waals surface area (Å²) in [6, 6.07) is 4.23. The van der Waals surface area contributed by atoms with Gasteiger partial charge in [0.15, 0.2) is 0 Å². The zero-order chi connectivity index (χ0) is 14.9. The van der Waals surface area contributed by atoms with Gasteiger partial charge in [0, 0.05) is 24.2 Å². The molecule has 0 unspecified atom stereocenters. The maximum atomic E-state index is 12.6. The molecule has 1 saturated heterocycles. The molecule has 0 aromatic heterocycles. The van der Waals surface area contributed by atoms with Crippen LogP contribution in [0.5, 0.6) is 0 Å². The summed E-state index contributed by atoms with van der Waals surface area (Å²) in [7, 11) is 0. The van der Waals surface area contributed by atoms with Crippen LogP contribution in [0.1, 0.15) is 43.5 Å². The van der Waals surface area contributed by atoms with Crippen LogP contribution in [-0.4, -0.2) is 27.8 Å². The van der Waals surface area contributed by atoms with Crippen molar-refractivity contribution >= 4 is 23.2 Å². The Morgan fingerprint density at radius 1 is 1.35 bits per heavy atom. The van der Waals surface area contributed by atoms with Crippen molar-refractivity contribution in [3.63, 3.8) is 0 Å². The van der Waals surface area contributed by atoms with Crippen molar-refractivity contribution in [1.82, 2.24) is 4.90 Å². The molecule has 0 radical (unpaired) electrons. The lowest BCUT2D eigenvalue weighted by Gasteiger charge is -2.39. The first-order valence-electron chi connectivity index (χ1n) is 6.68. The van der Waals surface area contributed by atoms with Crippen molar-refractivity contribution in [2.75, 3.05) is 0 Å². The van der Waals surface area contributed by atoms with Gasteiger partial charge in [0.2, 0.25) is 0 Å². The molecule has 2 rings (SSSR count). The summed E-state index contributed by atoms with van der Waals surface area (Å²) in [4.78, 5) is 24.7. The highest BCUT2D eigenvalue weighted by Crippen LogP contribution is 2.29. The molecule has 1 fully saturated rings. The first-order chi connectivity index (χ1) is 9.41. The van der Waals surface area contributed by atoms with Crippen LogP contribution in [0.2, 0.25) is 5.02 Å². The molecule has 0 spiro atoms. The molecule has 108 valence electrons. The van der Waals surface area contributed by atoms with E-state index in [9.17, 15) is 14.9 Å². The molecule has 1 aliphatic heterocycles. The van der Waals surface area contributed by atoms with E-state index in [1.165, 1.54) is 18.2 Å². The minimum Gasteiger partial charge on any atom is -0.333 e. The fourth-order valence-electron chi connectivity index (χ4n) is 2.75. The van der Waals surface area contributed by atoms with Crippen molar-refractivity contribution in [2.45, 2.75) is 45.2 Å². The zero-order valence-electron chi connectivity index (χ0n) is 11.5. The standard InChI is InChI=1S/C14H17ClN2O3/c1-9-4-3-5-10(2)16(9)14(18)12-8-11(17(19)20)6-7-13(12)15/h6-10H,3-5H2,1-2H3/t9-,10-/m1/s1. The van der Waals surface area contributed by atoms with Crippen LogP contribution in [0.25, 0.3) is 0 Å². The number of hydrogen-bond donors (Lipinski definition) is 0. The first-order valence-corrected chi connectivity index (χ1v) is 7.06. The Balaban J connectivity index is 2.37. The lowest BCUT2D eigenvalue weighted by molar-refractivity contribution is -0.384. The number of hydrogen-bond acceptors (Lipinski definition) is 3. The van der Waals surface area contributed by atoms with Gasteiger partial charge >= 0.3 is 0 Å². The predicted octanol–water partition coefficient (Wildman–Crippen LogP) is 3.65. The van der Waals surface area contributed by atoms with E-state index in [-0.39, 0.29) is 34.3 Å². The van der Waals surface area contributed by atoms with E-state index in [1.807, 2.05) is 13.8 Å². The monoisotopic (exact) mass is 296 g/mol. The molecule has 2 atom stereocenters. The molecule has 0 saturated carbocycles. The summed E-state index contributed by atoms with van der Waals surface area (Å²) in [5.74, 6) is -0.224. The van der Waals surface area contributed by atoms with E-state index in [4.69, 9.17) is 11.6 Å². The second-order valence-electron chi connectivity index (χ2n) is 5.26. The van der Waals surface area contributed by atoms with Gasteiger partial charge in [-0.15, -0.1) is 0 Å². The minimum absolute atomic E-state index is 0.116. The SMILES string of the molecule is C[C@@H]1CCC[C@@H](C)N1C(=O)c1cc([N+](=O)[O-])ccc1Cl. The van der Waals surface area contributed by atoms with Crippen molar-refractivity contribution in [3.8, 4) is 0 Å². The van der Waals surface area contributed by atoms with Crippen molar-refractivity contribution in [3.05, 3.63) is 38.9 Å². The van der Waals surface area contributed by atoms with Gasteiger partial charge in [-0.3, -0.25) is 14.9 Å². The average molecular weight is 297 g/mol. The number of likely N-dealkylation sites (tertiary alicyclic amines) is 1. The fraction of sp³-hybridized carbons (Fsp3) is 0.500. The van der Waals surface area contributed by atoms with Gasteiger partial charge in [-0.25, -0.2) is 0 Å². The number of rotatable bonds is 2. The van der Waals surface area contributed by atoms with Gasteiger partial charge in [0.25, 0.3) is 11.6 Å². The van der Waals surface area contributed by atoms with Gasteiger partial charge in [0.1, 0.15) is 0 Å². The number of benzene rings is 1. The number of piperidine rings is 1. The molecule has 5 nitrogen and oxygen atoms in total. The summed E-state index contributed by atoms with van der Waals surface area (Å²) in [6.07, 6.45) is 2.99. The van der Waals surface area contributed by atoms with Crippen LogP contribution in [-0.2, 0) is 0 Å². The lowest BCUT2D eigenvalue weighted by atomic mass is 9.96. The molecular formula is C14H17ClN2O3. The van der Waals surface area contributed by atoms with Crippen LogP contribution in [0.4, 0.5) is 5.69 Å². The highest BCUT2D eigenvalue weighted by Gasteiger charge is 2.31. The molecule has 1 aliphatic rings. The number of non-ortho nitro benzene ring substituents is 1. The molecule has 1 amide bonds. The first kappa shape index (κ1) is 14.8. The fourth-order valence-corrected chi connectivity index (χ4v) is 2.95. The second-order valence-corrected chi connectivity index (χ2v) is 5.67. The van der Waals surface area contributed by atoms with Gasteiger partial charge in [0.05, 0.1) is 15.5 Å². The summed E-state index contributed by atoms with van der Waals surface area (Å²) in [5, 5.41) is 11.1. The number of nitrogens with zero attached hydrogens (tertiary/aromatic N) is 2. The zero-order valence-corrected chi connectivity index (χ0v) is 12.3. The van der Waals surface area contributed by atoms with E-state index in [0.717, 1.165) is 19.3 Å². The molecule has 1 heterocycles. The third-order valence-corrected chi connectivity index (χ3v) is 4.15. The number of amides is 1. The van der Waals surface area contributed by atoms with Gasteiger partial charge in [-0.1, -0.05) is 11.6 Å². The Labute approximate surface area is 122 Å². The summed E-state index contributed by atoms with van der Waals surface area (Å²) >= 11 is 6.04. The number of nitro benzene ring substituents is 1. The minimum atomic E-state index is -0.518. The average Bonchev–Trinajstić information content (AvgIpc) is 2.38. The molecule has 0 aliphatic carbocycles. The van der Waals surface area contributed by atoms with Gasteiger partial charge in [-0.05, 0) is 39.2 Å². The predicted molar refractivity (Wildman–Crippen MR) is 77.1 cm³/mol. The smallest absolute Gasteiger partial charge is 0.270 e.